The quantitative estimate of drug-likeness (QED) is 0.252. The topological polar surface area (TPSA) is 73.9 Å². The first-order valence-corrected chi connectivity index (χ1v) is 5.38. The molecule has 0 aliphatic rings. The normalized spacial score (nSPS) is 7.70. The first kappa shape index (κ1) is 22.1. The first-order chi connectivity index (χ1) is 9.64. The van der Waals surface area contributed by atoms with Crippen LogP contribution in [-0.2, 0) is 9.53 Å². The lowest BCUT2D eigenvalue weighted by atomic mass is 10.4. The smallest absolute Gasteiger partial charge is 0.330 e. The number of ether oxygens (including phenoxy) is 1. The van der Waals surface area contributed by atoms with Crippen molar-refractivity contribution in [3.05, 3.63) is 74.9 Å². The molecule has 4 heteroatoms. The van der Waals surface area contributed by atoms with Gasteiger partial charge in [-0.05, 0) is 0 Å². The van der Waals surface area contributed by atoms with Crippen molar-refractivity contribution < 1.29 is 9.53 Å². The van der Waals surface area contributed by atoms with E-state index < -0.39 is 5.97 Å². The van der Waals surface area contributed by atoms with Crippen molar-refractivity contribution in [3.8, 4) is 12.1 Å². The first-order valence-electron chi connectivity index (χ1n) is 5.38. The van der Waals surface area contributed by atoms with E-state index in [9.17, 15) is 4.79 Å². The third-order valence-corrected chi connectivity index (χ3v) is 1.13. The van der Waals surface area contributed by atoms with Gasteiger partial charge in [0.15, 0.2) is 0 Å². The van der Waals surface area contributed by atoms with E-state index in [0.29, 0.717) is 0 Å². The molecule has 0 unspecified atom stereocenters. The predicted molar refractivity (Wildman–Crippen MR) is 81.3 cm³/mol. The summed E-state index contributed by atoms with van der Waals surface area (Å²) < 4.78 is 4.47. The molecule has 0 aliphatic heterocycles. The fourth-order valence-electron chi connectivity index (χ4n) is 0.441. The summed E-state index contributed by atoms with van der Waals surface area (Å²) in [5.41, 5.74) is 0. The Kier molecular flexibility index (Phi) is 27.5. The van der Waals surface area contributed by atoms with E-state index in [1.165, 1.54) is 18.2 Å². The lowest BCUT2D eigenvalue weighted by Crippen LogP contribution is -1.98. The molecule has 0 radical (unpaired) electrons. The maximum atomic E-state index is 10.2. The molecule has 4 nitrogen and oxygen atoms in total. The van der Waals surface area contributed by atoms with Gasteiger partial charge in [-0.1, -0.05) is 56.7 Å². The Labute approximate surface area is 120 Å². The Morgan fingerprint density at radius 2 is 1.65 bits per heavy atom. The fraction of sp³-hybridized carbons (Fsp3) is 0.0625. The predicted octanol–water partition coefficient (Wildman–Crippen LogP) is 3.41. The molecule has 0 aliphatic carbocycles. The van der Waals surface area contributed by atoms with Crippen LogP contribution in [0.25, 0.3) is 0 Å². The van der Waals surface area contributed by atoms with E-state index in [1.54, 1.807) is 30.4 Å². The Hall–Kier alpha value is -3.11. The molecule has 0 aromatic heterocycles. The molecule has 0 aromatic rings. The highest BCUT2D eigenvalue weighted by atomic mass is 16.5. The molecule has 20 heavy (non-hydrogen) atoms. The SMILES string of the molecule is C=CC#N.C=CC=CC=CC#N.C=CCOC(=O)C=C. The molecule has 0 fully saturated rings. The van der Waals surface area contributed by atoms with Gasteiger partial charge < -0.3 is 4.74 Å². The van der Waals surface area contributed by atoms with Crippen molar-refractivity contribution in [1.82, 2.24) is 0 Å². The molecular formula is C16H18N2O2. The second-order valence-electron chi connectivity index (χ2n) is 2.56. The number of nitrogens with zero attached hydrogens (tertiary/aromatic N) is 2. The zero-order valence-electron chi connectivity index (χ0n) is 11.4. The van der Waals surface area contributed by atoms with E-state index >= 15 is 0 Å². The van der Waals surface area contributed by atoms with E-state index in [1.807, 2.05) is 6.07 Å². The number of hydrogen-bond donors (Lipinski definition) is 0. The second-order valence-corrected chi connectivity index (χ2v) is 2.56. The number of nitriles is 2. The summed E-state index contributed by atoms with van der Waals surface area (Å²) in [6.45, 7) is 13.4. The Bertz CT molecular complexity index is 432. The molecule has 0 bridgehead atoms. The molecule has 0 saturated heterocycles. The standard InChI is InChI=1S/C7H7N.C6H8O2.C3H3N/c1-2-3-4-5-6-7-8;1-3-5-8-6(7)4-2;1-2-3-4/h2-6H,1H2;3-4H,1-2,5H2;2H,1H2. The van der Waals surface area contributed by atoms with Gasteiger partial charge in [-0.2, -0.15) is 10.5 Å². The summed E-state index contributed by atoms with van der Waals surface area (Å²) in [5.74, 6) is -0.412. The van der Waals surface area contributed by atoms with Crippen LogP contribution in [0.1, 0.15) is 0 Å². The molecule has 0 heterocycles. The zero-order valence-corrected chi connectivity index (χ0v) is 11.4. The Morgan fingerprint density at radius 1 is 1.05 bits per heavy atom. The molecule has 0 spiro atoms. The van der Waals surface area contributed by atoms with Crippen molar-refractivity contribution in [3.63, 3.8) is 0 Å². The minimum atomic E-state index is -0.412. The van der Waals surface area contributed by atoms with Crippen LogP contribution in [0.5, 0.6) is 0 Å². The largest absolute Gasteiger partial charge is 0.458 e. The Balaban J connectivity index is -0.000000230. The van der Waals surface area contributed by atoms with Crippen LogP contribution < -0.4 is 0 Å². The maximum absolute atomic E-state index is 10.2. The second kappa shape index (κ2) is 24.9. The number of allylic oxidation sites excluding steroid dienone is 6. The van der Waals surface area contributed by atoms with Crippen molar-refractivity contribution in [2.45, 2.75) is 0 Å². The maximum Gasteiger partial charge on any atom is 0.330 e. The molecular weight excluding hydrogens is 252 g/mol. The molecule has 0 amide bonds. The third kappa shape index (κ3) is 36.3. The van der Waals surface area contributed by atoms with E-state index in [4.69, 9.17) is 10.5 Å². The average Bonchev–Trinajstić information content (AvgIpc) is 2.50. The van der Waals surface area contributed by atoms with Gasteiger partial charge in [-0.25, -0.2) is 4.79 Å². The summed E-state index contributed by atoms with van der Waals surface area (Å²) in [7, 11) is 0. The van der Waals surface area contributed by atoms with Crippen molar-refractivity contribution in [2.75, 3.05) is 6.61 Å². The van der Waals surface area contributed by atoms with Gasteiger partial charge in [0.1, 0.15) is 6.61 Å². The van der Waals surface area contributed by atoms with E-state index in [2.05, 4.69) is 31.1 Å². The molecule has 0 saturated carbocycles. The Morgan fingerprint density at radius 3 is 2.00 bits per heavy atom. The van der Waals surface area contributed by atoms with E-state index in [-0.39, 0.29) is 6.61 Å². The molecule has 0 rings (SSSR count). The number of carbonyl (C=O) groups is 1. The minimum absolute atomic E-state index is 0.255. The van der Waals surface area contributed by atoms with Gasteiger partial charge >= 0.3 is 5.97 Å². The zero-order chi connectivity index (χ0) is 16.1. The number of hydrogen-bond acceptors (Lipinski definition) is 4. The average molecular weight is 270 g/mol. The molecule has 0 aromatic carbocycles. The summed E-state index contributed by atoms with van der Waals surface area (Å²) >= 11 is 0. The van der Waals surface area contributed by atoms with Crippen LogP contribution >= 0.6 is 0 Å². The highest BCUT2D eigenvalue weighted by Gasteiger charge is 1.87. The minimum Gasteiger partial charge on any atom is -0.458 e. The van der Waals surface area contributed by atoms with Crippen LogP contribution in [0.2, 0.25) is 0 Å². The lowest BCUT2D eigenvalue weighted by molar-refractivity contribution is -0.136. The summed E-state index contributed by atoms with van der Waals surface area (Å²) in [5, 5.41) is 15.5. The number of carbonyl (C=O) groups excluding carboxylic acids is 1. The van der Waals surface area contributed by atoms with Gasteiger partial charge in [0, 0.05) is 18.2 Å². The van der Waals surface area contributed by atoms with Crippen LogP contribution in [-0.4, -0.2) is 12.6 Å². The van der Waals surface area contributed by atoms with Crippen LogP contribution in [0.4, 0.5) is 0 Å². The van der Waals surface area contributed by atoms with Crippen molar-refractivity contribution >= 4 is 5.97 Å². The highest BCUT2D eigenvalue weighted by Crippen LogP contribution is 1.77. The van der Waals surface area contributed by atoms with Gasteiger partial charge in [-0.15, -0.1) is 0 Å². The fourth-order valence-corrected chi connectivity index (χ4v) is 0.441. The van der Waals surface area contributed by atoms with Gasteiger partial charge in [0.25, 0.3) is 0 Å². The van der Waals surface area contributed by atoms with Crippen LogP contribution in [0.3, 0.4) is 0 Å². The lowest BCUT2D eigenvalue weighted by Gasteiger charge is -1.92. The summed E-state index contributed by atoms with van der Waals surface area (Å²) in [4.78, 5) is 10.2. The van der Waals surface area contributed by atoms with Gasteiger partial charge in [0.2, 0.25) is 0 Å². The van der Waals surface area contributed by atoms with Crippen LogP contribution in [0, 0.1) is 22.7 Å². The molecule has 0 N–H and O–H groups in total. The molecule has 0 atom stereocenters. The van der Waals surface area contributed by atoms with Gasteiger partial charge in [0.05, 0.1) is 12.1 Å². The third-order valence-electron chi connectivity index (χ3n) is 1.13. The number of rotatable bonds is 5. The van der Waals surface area contributed by atoms with Crippen molar-refractivity contribution in [2.24, 2.45) is 0 Å². The van der Waals surface area contributed by atoms with E-state index in [0.717, 1.165) is 6.08 Å². The summed E-state index contributed by atoms with van der Waals surface area (Å²) in [6.07, 6.45) is 12.0. The van der Waals surface area contributed by atoms with Crippen molar-refractivity contribution in [1.29, 1.82) is 10.5 Å². The van der Waals surface area contributed by atoms with Crippen LogP contribution in [0.15, 0.2) is 74.9 Å². The summed E-state index contributed by atoms with van der Waals surface area (Å²) in [6, 6.07) is 3.55. The number of esters is 1. The molecule has 104 valence electrons. The van der Waals surface area contributed by atoms with Gasteiger partial charge in [-0.3, -0.25) is 0 Å². The highest BCUT2D eigenvalue weighted by molar-refractivity contribution is 5.81. The monoisotopic (exact) mass is 270 g/mol.